The lowest BCUT2D eigenvalue weighted by molar-refractivity contribution is -0.138. The molecule has 1 aromatic heterocycles. The van der Waals surface area contributed by atoms with Crippen molar-refractivity contribution in [3.63, 3.8) is 0 Å². The van der Waals surface area contributed by atoms with Gasteiger partial charge in [-0.25, -0.2) is 13.4 Å². The van der Waals surface area contributed by atoms with Crippen molar-refractivity contribution in [2.24, 2.45) is 0 Å². The number of sulfonamides is 1. The van der Waals surface area contributed by atoms with Crippen molar-refractivity contribution < 1.29 is 21.6 Å². The number of benzene rings is 1. The molecule has 0 radical (unpaired) electrons. The van der Waals surface area contributed by atoms with Gasteiger partial charge >= 0.3 is 6.18 Å². The van der Waals surface area contributed by atoms with Crippen LogP contribution >= 0.6 is 0 Å². The van der Waals surface area contributed by atoms with E-state index in [-0.39, 0.29) is 16.9 Å². The Hall–Kier alpha value is -2.60. The summed E-state index contributed by atoms with van der Waals surface area (Å²) in [4.78, 5) is 3.15. The summed E-state index contributed by atoms with van der Waals surface area (Å²) in [6.45, 7) is 1.24. The highest BCUT2D eigenvalue weighted by Crippen LogP contribution is 2.33. The molecule has 23 heavy (non-hydrogen) atoms. The van der Waals surface area contributed by atoms with Crippen LogP contribution in [-0.4, -0.2) is 13.4 Å². The normalized spacial score (nSPS) is 11.8. The predicted molar refractivity (Wildman–Crippen MR) is 75.9 cm³/mol. The zero-order chi connectivity index (χ0) is 17.3. The van der Waals surface area contributed by atoms with E-state index in [4.69, 9.17) is 5.26 Å². The zero-order valence-electron chi connectivity index (χ0n) is 11.7. The van der Waals surface area contributed by atoms with Gasteiger partial charge in [0.25, 0.3) is 10.0 Å². The molecule has 0 atom stereocenters. The van der Waals surface area contributed by atoms with Gasteiger partial charge in [-0.05, 0) is 36.8 Å². The number of hydrogen-bond acceptors (Lipinski definition) is 4. The van der Waals surface area contributed by atoms with Crippen molar-refractivity contribution in [1.29, 1.82) is 5.26 Å². The molecule has 1 aromatic carbocycles. The van der Waals surface area contributed by atoms with Gasteiger partial charge in [-0.2, -0.15) is 18.4 Å². The van der Waals surface area contributed by atoms with Gasteiger partial charge in [-0.15, -0.1) is 0 Å². The standard InChI is InChI=1S/C14H10F3N3O2S/c1-9-4-5-11(7-12(9)14(15,16)17)23(21,22)20-13-10(8-18)3-2-6-19-13/h2-7H,1H3,(H,19,20). The molecule has 5 nitrogen and oxygen atoms in total. The lowest BCUT2D eigenvalue weighted by Crippen LogP contribution is -2.16. The Morgan fingerprint density at radius 2 is 1.96 bits per heavy atom. The maximum Gasteiger partial charge on any atom is 0.416 e. The second kappa shape index (κ2) is 5.89. The third-order valence-electron chi connectivity index (χ3n) is 2.98. The lowest BCUT2D eigenvalue weighted by atomic mass is 10.1. The van der Waals surface area contributed by atoms with Crippen LogP contribution in [0.25, 0.3) is 0 Å². The molecule has 120 valence electrons. The number of halogens is 3. The molecular weight excluding hydrogens is 331 g/mol. The van der Waals surface area contributed by atoms with Crippen molar-refractivity contribution in [3.05, 3.63) is 53.2 Å². The molecule has 0 saturated carbocycles. The molecule has 0 aliphatic rings. The molecule has 0 spiro atoms. The first-order valence-electron chi connectivity index (χ1n) is 6.21. The maximum atomic E-state index is 12.9. The maximum absolute atomic E-state index is 12.9. The fourth-order valence-electron chi connectivity index (χ4n) is 1.84. The number of pyridine rings is 1. The first-order valence-corrected chi connectivity index (χ1v) is 7.69. The molecule has 9 heteroatoms. The molecule has 0 aliphatic heterocycles. The van der Waals surface area contributed by atoms with Crippen LogP contribution in [0.3, 0.4) is 0 Å². The van der Waals surface area contributed by atoms with Gasteiger partial charge in [0.15, 0.2) is 5.82 Å². The van der Waals surface area contributed by atoms with Crippen LogP contribution in [-0.2, 0) is 16.2 Å². The summed E-state index contributed by atoms with van der Waals surface area (Å²) >= 11 is 0. The molecule has 0 saturated heterocycles. The largest absolute Gasteiger partial charge is 0.416 e. The number of hydrogen-bond donors (Lipinski definition) is 1. The van der Waals surface area contributed by atoms with Crippen molar-refractivity contribution in [3.8, 4) is 6.07 Å². The van der Waals surface area contributed by atoms with E-state index in [1.807, 2.05) is 4.72 Å². The third kappa shape index (κ3) is 3.60. The first-order chi connectivity index (χ1) is 10.6. The fourth-order valence-corrected chi connectivity index (χ4v) is 2.89. The fraction of sp³-hybridized carbons (Fsp3) is 0.143. The summed E-state index contributed by atoms with van der Waals surface area (Å²) in [6.07, 6.45) is -3.41. The minimum atomic E-state index is -4.67. The highest BCUT2D eigenvalue weighted by atomic mass is 32.2. The van der Waals surface area contributed by atoms with Crippen LogP contribution in [0.4, 0.5) is 19.0 Å². The monoisotopic (exact) mass is 341 g/mol. The van der Waals surface area contributed by atoms with Gasteiger partial charge in [0, 0.05) is 6.20 Å². The van der Waals surface area contributed by atoms with Crippen molar-refractivity contribution >= 4 is 15.8 Å². The Morgan fingerprint density at radius 1 is 1.26 bits per heavy atom. The van der Waals surface area contributed by atoms with E-state index in [1.54, 1.807) is 6.07 Å². The second-order valence-electron chi connectivity index (χ2n) is 4.59. The number of rotatable bonds is 3. The molecule has 0 amide bonds. The molecule has 0 fully saturated rings. The summed E-state index contributed by atoms with van der Waals surface area (Å²) in [7, 11) is -4.31. The van der Waals surface area contributed by atoms with E-state index >= 15 is 0 Å². The quantitative estimate of drug-likeness (QED) is 0.930. The SMILES string of the molecule is Cc1ccc(S(=O)(=O)Nc2ncccc2C#N)cc1C(F)(F)F. The Kier molecular flexibility index (Phi) is 4.29. The van der Waals surface area contributed by atoms with E-state index in [0.717, 1.165) is 12.1 Å². The van der Waals surface area contributed by atoms with Crippen LogP contribution < -0.4 is 4.72 Å². The Morgan fingerprint density at radius 3 is 2.57 bits per heavy atom. The summed E-state index contributed by atoms with van der Waals surface area (Å²) in [5.41, 5.74) is -1.17. The van der Waals surface area contributed by atoms with Gasteiger partial charge in [0.2, 0.25) is 0 Å². The Bertz CT molecular complexity index is 887. The van der Waals surface area contributed by atoms with E-state index in [2.05, 4.69) is 4.98 Å². The van der Waals surface area contributed by atoms with Crippen molar-refractivity contribution in [2.45, 2.75) is 18.0 Å². The van der Waals surface area contributed by atoms with Crippen LogP contribution in [0.1, 0.15) is 16.7 Å². The topological polar surface area (TPSA) is 82.8 Å². The van der Waals surface area contributed by atoms with Crippen LogP contribution in [0.15, 0.2) is 41.4 Å². The number of aryl methyl sites for hydroxylation is 1. The molecule has 1 heterocycles. The van der Waals surface area contributed by atoms with Crippen LogP contribution in [0, 0.1) is 18.3 Å². The van der Waals surface area contributed by atoms with Gasteiger partial charge in [-0.3, -0.25) is 4.72 Å². The van der Waals surface area contributed by atoms with E-state index in [9.17, 15) is 21.6 Å². The summed E-state index contributed by atoms with van der Waals surface area (Å²) in [6, 6.07) is 7.19. The van der Waals surface area contributed by atoms with E-state index in [1.165, 1.54) is 25.3 Å². The van der Waals surface area contributed by atoms with Crippen LogP contribution in [0.2, 0.25) is 0 Å². The van der Waals surface area contributed by atoms with Crippen LogP contribution in [0.5, 0.6) is 0 Å². The first kappa shape index (κ1) is 16.8. The van der Waals surface area contributed by atoms with E-state index < -0.39 is 26.7 Å². The molecular formula is C14H10F3N3O2S. The molecule has 0 bridgehead atoms. The molecule has 1 N–H and O–H groups in total. The number of nitrogens with one attached hydrogen (secondary N) is 1. The molecule has 0 aliphatic carbocycles. The lowest BCUT2D eigenvalue weighted by Gasteiger charge is -2.13. The smallest absolute Gasteiger partial charge is 0.262 e. The average Bonchev–Trinajstić information content (AvgIpc) is 2.46. The minimum Gasteiger partial charge on any atom is -0.262 e. The zero-order valence-corrected chi connectivity index (χ0v) is 12.5. The van der Waals surface area contributed by atoms with Gasteiger partial charge in [-0.1, -0.05) is 6.07 Å². The molecule has 2 aromatic rings. The Balaban J connectivity index is 2.47. The average molecular weight is 341 g/mol. The summed E-state index contributed by atoms with van der Waals surface area (Å²) in [5.74, 6) is -0.246. The summed E-state index contributed by atoms with van der Waals surface area (Å²) < 4.78 is 65.2. The van der Waals surface area contributed by atoms with Crippen molar-refractivity contribution in [1.82, 2.24) is 4.98 Å². The summed E-state index contributed by atoms with van der Waals surface area (Å²) in [5, 5.41) is 8.90. The number of nitrogens with zero attached hydrogens (tertiary/aromatic N) is 2. The highest BCUT2D eigenvalue weighted by Gasteiger charge is 2.33. The minimum absolute atomic E-state index is 0.0424. The Labute approximate surface area is 130 Å². The number of nitriles is 1. The predicted octanol–water partition coefficient (Wildman–Crippen LogP) is 3.08. The van der Waals surface area contributed by atoms with Gasteiger partial charge in [0.1, 0.15) is 6.07 Å². The second-order valence-corrected chi connectivity index (χ2v) is 6.27. The third-order valence-corrected chi connectivity index (χ3v) is 4.32. The van der Waals surface area contributed by atoms with Crippen molar-refractivity contribution in [2.75, 3.05) is 4.72 Å². The number of alkyl halides is 3. The van der Waals surface area contributed by atoms with E-state index in [0.29, 0.717) is 6.07 Å². The van der Waals surface area contributed by atoms with Gasteiger partial charge < -0.3 is 0 Å². The number of anilines is 1. The molecule has 2 rings (SSSR count). The van der Waals surface area contributed by atoms with Gasteiger partial charge in [0.05, 0.1) is 16.0 Å². The molecule has 0 unspecified atom stereocenters. The highest BCUT2D eigenvalue weighted by molar-refractivity contribution is 7.92. The number of aromatic nitrogens is 1.